The zero-order chi connectivity index (χ0) is 25.1. The van der Waals surface area contributed by atoms with E-state index in [1.165, 1.54) is 40.7 Å². The Kier molecular flexibility index (Phi) is 5.06. The molecule has 8 rings (SSSR count). The fraction of sp³-hybridized carbons (Fsp3) is 0.0909. The minimum atomic E-state index is -0.313. The maximum absolute atomic E-state index is 5.19. The van der Waals surface area contributed by atoms with E-state index in [9.17, 15) is 0 Å². The van der Waals surface area contributed by atoms with Gasteiger partial charge in [-0.2, -0.15) is 0 Å². The molecule has 182 valence electrons. The second-order valence-electron chi connectivity index (χ2n) is 9.71. The predicted octanol–water partition coefficient (Wildman–Crippen LogP) is 8.72. The Morgan fingerprint density at radius 3 is 2.34 bits per heavy atom. The quantitative estimate of drug-likeness (QED) is 0.246. The van der Waals surface area contributed by atoms with Gasteiger partial charge in [-0.1, -0.05) is 78.9 Å². The lowest BCUT2D eigenvalue weighted by molar-refractivity contribution is 0.756. The van der Waals surface area contributed by atoms with E-state index in [0.29, 0.717) is 0 Å². The van der Waals surface area contributed by atoms with E-state index in [0.717, 1.165) is 41.2 Å². The van der Waals surface area contributed by atoms with Crippen molar-refractivity contribution in [3.05, 3.63) is 124 Å². The van der Waals surface area contributed by atoms with Gasteiger partial charge in [0.05, 0.1) is 0 Å². The van der Waals surface area contributed by atoms with E-state index in [-0.39, 0.29) is 6.17 Å². The van der Waals surface area contributed by atoms with Crippen LogP contribution in [0.5, 0.6) is 0 Å². The van der Waals surface area contributed by atoms with Gasteiger partial charge in [0.2, 0.25) is 0 Å². The molecule has 38 heavy (non-hydrogen) atoms. The van der Waals surface area contributed by atoms with Gasteiger partial charge in [0.15, 0.2) is 6.17 Å². The number of hydrogen-bond donors (Lipinski definition) is 1. The maximum Gasteiger partial charge on any atom is 0.169 e. The Labute approximate surface area is 228 Å². The van der Waals surface area contributed by atoms with Crippen molar-refractivity contribution in [2.24, 2.45) is 9.98 Å². The zero-order valence-electron chi connectivity index (χ0n) is 20.5. The molecule has 5 heteroatoms. The molecule has 2 aromatic heterocycles. The summed E-state index contributed by atoms with van der Waals surface area (Å²) in [6.07, 6.45) is 6.46. The first-order valence-corrected chi connectivity index (χ1v) is 14.6. The number of rotatable bonds is 3. The number of fused-ring (bicyclic) bond motifs is 6. The third-order valence-electron chi connectivity index (χ3n) is 7.43. The van der Waals surface area contributed by atoms with Gasteiger partial charge in [0, 0.05) is 40.9 Å². The van der Waals surface area contributed by atoms with E-state index in [1.54, 1.807) is 0 Å². The lowest BCUT2D eigenvalue weighted by Crippen LogP contribution is -2.36. The maximum atomic E-state index is 5.19. The highest BCUT2D eigenvalue weighted by Crippen LogP contribution is 2.39. The van der Waals surface area contributed by atoms with Crippen molar-refractivity contribution in [3.63, 3.8) is 0 Å². The van der Waals surface area contributed by atoms with Gasteiger partial charge >= 0.3 is 0 Å². The number of aliphatic imine (C=N–C) groups is 2. The molecule has 3 heterocycles. The largest absolute Gasteiger partial charge is 0.324 e. The highest BCUT2D eigenvalue weighted by molar-refractivity contribution is 7.25. The SMILES string of the molecule is C1=Cc2sc3c(C4=NC(c5ccccc5)N=C(c5cccc6sc7ccccc7c56)N4)cccc3c2CC1. The molecule has 3 nitrogen and oxygen atoms in total. The highest BCUT2D eigenvalue weighted by atomic mass is 32.1. The molecule has 1 unspecified atom stereocenters. The fourth-order valence-electron chi connectivity index (χ4n) is 5.66. The predicted molar refractivity (Wildman–Crippen MR) is 164 cm³/mol. The fourth-order valence-corrected chi connectivity index (χ4v) is 8.08. The summed E-state index contributed by atoms with van der Waals surface area (Å²) in [6.45, 7) is 0. The average molecular weight is 526 g/mol. The molecule has 1 aliphatic carbocycles. The summed E-state index contributed by atoms with van der Waals surface area (Å²) in [5, 5.41) is 7.57. The smallest absolute Gasteiger partial charge is 0.169 e. The lowest BCUT2D eigenvalue weighted by Gasteiger charge is -2.23. The van der Waals surface area contributed by atoms with E-state index in [4.69, 9.17) is 9.98 Å². The average Bonchev–Trinajstić information content (AvgIpc) is 3.56. The second kappa shape index (κ2) is 8.76. The van der Waals surface area contributed by atoms with E-state index < -0.39 is 0 Å². The van der Waals surface area contributed by atoms with Crippen LogP contribution < -0.4 is 5.32 Å². The van der Waals surface area contributed by atoms with Crippen molar-refractivity contribution in [2.45, 2.75) is 19.0 Å². The molecule has 4 aromatic carbocycles. The second-order valence-corrected chi connectivity index (χ2v) is 11.8. The van der Waals surface area contributed by atoms with Crippen LogP contribution in [0, 0.1) is 0 Å². The van der Waals surface area contributed by atoms with E-state index >= 15 is 0 Å². The Balaban J connectivity index is 1.33. The van der Waals surface area contributed by atoms with Gasteiger partial charge in [-0.3, -0.25) is 0 Å². The number of aryl methyl sites for hydroxylation is 1. The molecule has 0 saturated carbocycles. The Morgan fingerprint density at radius 2 is 1.42 bits per heavy atom. The van der Waals surface area contributed by atoms with Gasteiger partial charge in [-0.05, 0) is 53.6 Å². The number of nitrogens with zero attached hydrogens (tertiary/aromatic N) is 2. The summed E-state index contributed by atoms with van der Waals surface area (Å²) in [4.78, 5) is 11.8. The molecule has 1 atom stereocenters. The molecule has 6 aromatic rings. The molecule has 1 aliphatic heterocycles. The standard InChI is InChI=1S/C33H23N3S2/c1-2-10-20(11-3-1)31-34-32(24-15-9-19-28-29(24)23-13-5-7-18-27(23)37-28)36-33(35-31)25-16-8-14-22-21-12-4-6-17-26(21)38-30(22)25/h1-3,5-11,13-19,31H,4,12H2,(H,34,35,36). The molecule has 0 amide bonds. The van der Waals surface area contributed by atoms with Crippen molar-refractivity contribution in [1.29, 1.82) is 0 Å². The molecule has 0 fully saturated rings. The first-order valence-electron chi connectivity index (χ1n) is 12.9. The van der Waals surface area contributed by atoms with Crippen molar-refractivity contribution in [1.82, 2.24) is 5.32 Å². The first kappa shape index (κ1) is 22.0. The van der Waals surface area contributed by atoms with Crippen LogP contribution in [0.15, 0.2) is 107 Å². The molecule has 1 N–H and O–H groups in total. The van der Waals surface area contributed by atoms with Crippen molar-refractivity contribution in [2.75, 3.05) is 0 Å². The molecule has 0 saturated heterocycles. The van der Waals surface area contributed by atoms with Crippen molar-refractivity contribution in [3.8, 4) is 0 Å². The number of nitrogens with one attached hydrogen (secondary N) is 1. The van der Waals surface area contributed by atoms with Gasteiger partial charge in [0.25, 0.3) is 0 Å². The third kappa shape index (κ3) is 3.46. The van der Waals surface area contributed by atoms with Crippen LogP contribution in [0.3, 0.4) is 0 Å². The van der Waals surface area contributed by atoms with Gasteiger partial charge < -0.3 is 5.32 Å². The summed E-state index contributed by atoms with van der Waals surface area (Å²) in [5.41, 5.74) is 4.82. The third-order valence-corrected chi connectivity index (χ3v) is 9.81. The highest BCUT2D eigenvalue weighted by Gasteiger charge is 2.25. The van der Waals surface area contributed by atoms with Crippen LogP contribution >= 0.6 is 22.7 Å². The van der Waals surface area contributed by atoms with Crippen LogP contribution in [0.2, 0.25) is 0 Å². The number of hydrogen-bond acceptors (Lipinski definition) is 5. The van der Waals surface area contributed by atoms with Crippen LogP contribution in [-0.4, -0.2) is 11.7 Å². The topological polar surface area (TPSA) is 36.8 Å². The van der Waals surface area contributed by atoms with Crippen molar-refractivity contribution >= 4 is 70.7 Å². The monoisotopic (exact) mass is 525 g/mol. The van der Waals surface area contributed by atoms with Crippen LogP contribution in [-0.2, 0) is 6.42 Å². The molecular formula is C33H23N3S2. The Bertz CT molecular complexity index is 1960. The van der Waals surface area contributed by atoms with E-state index in [2.05, 4.69) is 102 Å². The number of allylic oxidation sites excluding steroid dienone is 1. The normalized spacial score (nSPS) is 16.9. The molecule has 0 spiro atoms. The summed E-state index contributed by atoms with van der Waals surface area (Å²) in [6, 6.07) is 32.2. The number of amidine groups is 2. The molecular weight excluding hydrogens is 503 g/mol. The Hall–Kier alpha value is -4.06. The molecule has 0 bridgehead atoms. The minimum Gasteiger partial charge on any atom is -0.324 e. The van der Waals surface area contributed by atoms with Crippen molar-refractivity contribution < 1.29 is 0 Å². The Morgan fingerprint density at radius 1 is 0.684 bits per heavy atom. The summed E-state index contributed by atoms with van der Waals surface area (Å²) in [5.74, 6) is 1.75. The zero-order valence-corrected chi connectivity index (χ0v) is 22.2. The van der Waals surface area contributed by atoms with Gasteiger partial charge in [-0.25, -0.2) is 9.98 Å². The molecule has 0 radical (unpaired) electrons. The minimum absolute atomic E-state index is 0.313. The van der Waals surface area contributed by atoms with E-state index in [1.807, 2.05) is 28.7 Å². The summed E-state index contributed by atoms with van der Waals surface area (Å²) in [7, 11) is 0. The first-order chi connectivity index (χ1) is 18.8. The van der Waals surface area contributed by atoms with Crippen LogP contribution in [0.1, 0.15) is 39.7 Å². The molecule has 2 aliphatic rings. The van der Waals surface area contributed by atoms with Gasteiger partial charge in [-0.15, -0.1) is 22.7 Å². The van der Waals surface area contributed by atoms with Crippen LogP contribution in [0.25, 0.3) is 36.3 Å². The summed E-state index contributed by atoms with van der Waals surface area (Å²) < 4.78 is 3.86. The number of benzene rings is 4. The van der Waals surface area contributed by atoms with Gasteiger partial charge in [0.1, 0.15) is 11.7 Å². The number of thiophene rings is 2. The summed E-state index contributed by atoms with van der Waals surface area (Å²) >= 11 is 3.71. The lowest BCUT2D eigenvalue weighted by atomic mass is 9.99. The van der Waals surface area contributed by atoms with Crippen LogP contribution in [0.4, 0.5) is 0 Å².